The van der Waals surface area contributed by atoms with Crippen LogP contribution in [-0.4, -0.2) is 68.6 Å². The molecule has 0 radical (unpaired) electrons. The fraction of sp³-hybridized carbons (Fsp3) is 0.417. The van der Waals surface area contributed by atoms with Crippen molar-refractivity contribution in [3.05, 3.63) is 65.7 Å². The van der Waals surface area contributed by atoms with E-state index >= 15 is 0 Å². The van der Waals surface area contributed by atoms with E-state index in [9.17, 15) is 4.79 Å². The highest BCUT2D eigenvalue weighted by Crippen LogP contribution is 2.12. The lowest BCUT2D eigenvalue weighted by molar-refractivity contribution is -0.116. The second-order valence-electron chi connectivity index (χ2n) is 7.69. The van der Waals surface area contributed by atoms with Crippen LogP contribution in [-0.2, 0) is 22.6 Å². The highest BCUT2D eigenvalue weighted by Gasteiger charge is 2.12. The van der Waals surface area contributed by atoms with E-state index in [0.717, 1.165) is 56.6 Å². The first kappa shape index (κ1) is 22.8. The van der Waals surface area contributed by atoms with Gasteiger partial charge in [0.2, 0.25) is 5.91 Å². The number of carbonyl (C=O) groups is 1. The van der Waals surface area contributed by atoms with Crippen molar-refractivity contribution >= 4 is 17.6 Å². The van der Waals surface area contributed by atoms with Crippen LogP contribution < -0.4 is 10.6 Å². The largest absolute Gasteiger partial charge is 0.379 e. The summed E-state index contributed by atoms with van der Waals surface area (Å²) >= 11 is 0. The van der Waals surface area contributed by atoms with Crippen LogP contribution in [0.2, 0.25) is 0 Å². The lowest BCUT2D eigenvalue weighted by atomic mass is 10.2. The molecule has 2 aromatic carbocycles. The first-order valence-corrected chi connectivity index (χ1v) is 10.8. The zero-order chi connectivity index (χ0) is 21.9. The predicted molar refractivity (Wildman–Crippen MR) is 125 cm³/mol. The Morgan fingerprint density at radius 2 is 1.84 bits per heavy atom. The van der Waals surface area contributed by atoms with Crippen LogP contribution in [0.3, 0.4) is 0 Å². The molecule has 0 unspecified atom stereocenters. The number of guanidine groups is 1. The van der Waals surface area contributed by atoms with Gasteiger partial charge in [-0.05, 0) is 23.3 Å². The van der Waals surface area contributed by atoms with Gasteiger partial charge in [0.1, 0.15) is 0 Å². The number of morpholine rings is 1. The minimum Gasteiger partial charge on any atom is -0.379 e. The number of amides is 1. The minimum atomic E-state index is 0.0370. The van der Waals surface area contributed by atoms with Crippen molar-refractivity contribution in [2.45, 2.75) is 19.5 Å². The Morgan fingerprint density at radius 1 is 1.10 bits per heavy atom. The molecule has 1 aliphatic heterocycles. The SMILES string of the molecule is CN=C(NCc1cccc(NC(=O)CCN2CCOCC2)c1)N(C)Cc1ccccc1. The number of rotatable bonds is 8. The van der Waals surface area contributed by atoms with Crippen LogP contribution in [0.15, 0.2) is 59.6 Å². The monoisotopic (exact) mass is 423 g/mol. The Kier molecular flexibility index (Phi) is 8.87. The zero-order valence-electron chi connectivity index (χ0n) is 18.5. The third-order valence-electron chi connectivity index (χ3n) is 5.26. The van der Waals surface area contributed by atoms with E-state index in [0.29, 0.717) is 13.0 Å². The van der Waals surface area contributed by atoms with Gasteiger partial charge in [-0.2, -0.15) is 0 Å². The van der Waals surface area contributed by atoms with E-state index in [1.165, 1.54) is 5.56 Å². The molecule has 0 atom stereocenters. The molecule has 7 nitrogen and oxygen atoms in total. The number of carbonyl (C=O) groups excluding carboxylic acids is 1. The van der Waals surface area contributed by atoms with E-state index in [1.54, 1.807) is 7.05 Å². The molecular formula is C24H33N5O2. The molecule has 0 saturated carbocycles. The zero-order valence-corrected chi connectivity index (χ0v) is 18.5. The number of nitrogens with zero attached hydrogens (tertiary/aromatic N) is 3. The number of hydrogen-bond acceptors (Lipinski definition) is 4. The number of nitrogens with one attached hydrogen (secondary N) is 2. The second-order valence-corrected chi connectivity index (χ2v) is 7.69. The number of hydrogen-bond donors (Lipinski definition) is 2. The van der Waals surface area contributed by atoms with Crippen molar-refractivity contribution in [3.8, 4) is 0 Å². The molecule has 0 aliphatic carbocycles. The van der Waals surface area contributed by atoms with E-state index < -0.39 is 0 Å². The highest BCUT2D eigenvalue weighted by atomic mass is 16.5. The van der Waals surface area contributed by atoms with E-state index in [-0.39, 0.29) is 5.91 Å². The van der Waals surface area contributed by atoms with Gasteiger partial charge in [-0.15, -0.1) is 0 Å². The Labute approximate surface area is 185 Å². The Morgan fingerprint density at radius 3 is 2.58 bits per heavy atom. The molecule has 1 saturated heterocycles. The smallest absolute Gasteiger partial charge is 0.225 e. The molecule has 166 valence electrons. The molecule has 2 N–H and O–H groups in total. The third kappa shape index (κ3) is 7.70. The van der Waals surface area contributed by atoms with E-state index in [4.69, 9.17) is 4.74 Å². The minimum absolute atomic E-state index is 0.0370. The Balaban J connectivity index is 1.47. The van der Waals surface area contributed by atoms with Crippen LogP contribution in [0, 0.1) is 0 Å². The van der Waals surface area contributed by atoms with E-state index in [1.807, 2.05) is 49.5 Å². The summed E-state index contributed by atoms with van der Waals surface area (Å²) in [6, 6.07) is 18.2. The quantitative estimate of drug-likeness (QED) is 0.505. The molecular weight excluding hydrogens is 390 g/mol. The molecule has 1 amide bonds. The summed E-state index contributed by atoms with van der Waals surface area (Å²) in [5.74, 6) is 0.860. The Bertz CT molecular complexity index is 850. The number of anilines is 1. The van der Waals surface area contributed by atoms with Gasteiger partial charge in [-0.3, -0.25) is 14.7 Å². The number of benzene rings is 2. The molecule has 3 rings (SSSR count). The van der Waals surface area contributed by atoms with Gasteiger partial charge in [0, 0.05) is 58.9 Å². The third-order valence-corrected chi connectivity index (χ3v) is 5.26. The molecule has 0 aromatic heterocycles. The molecule has 0 spiro atoms. The molecule has 2 aromatic rings. The van der Waals surface area contributed by atoms with Crippen LogP contribution in [0.25, 0.3) is 0 Å². The van der Waals surface area contributed by atoms with Gasteiger partial charge >= 0.3 is 0 Å². The first-order valence-electron chi connectivity index (χ1n) is 10.8. The molecule has 31 heavy (non-hydrogen) atoms. The van der Waals surface area contributed by atoms with Crippen molar-refractivity contribution in [3.63, 3.8) is 0 Å². The van der Waals surface area contributed by atoms with Crippen molar-refractivity contribution in [1.29, 1.82) is 0 Å². The maximum atomic E-state index is 12.3. The Hall–Kier alpha value is -2.90. The lowest BCUT2D eigenvalue weighted by Gasteiger charge is -2.26. The molecule has 0 bridgehead atoms. The topological polar surface area (TPSA) is 69.2 Å². The summed E-state index contributed by atoms with van der Waals surface area (Å²) < 4.78 is 5.35. The standard InChI is InChI=1S/C24H33N5O2/c1-25-24(28(2)19-20-7-4-3-5-8-20)26-18-21-9-6-10-22(17-21)27-23(30)11-12-29-13-15-31-16-14-29/h3-10,17H,11-16,18-19H2,1-2H3,(H,25,26)(H,27,30). The van der Waals surface area contributed by atoms with Crippen molar-refractivity contribution in [2.75, 3.05) is 52.3 Å². The second kappa shape index (κ2) is 12.1. The molecule has 1 heterocycles. The fourth-order valence-electron chi connectivity index (χ4n) is 3.56. The maximum absolute atomic E-state index is 12.3. The van der Waals surface area contributed by atoms with Crippen LogP contribution in [0.4, 0.5) is 5.69 Å². The summed E-state index contributed by atoms with van der Waals surface area (Å²) in [4.78, 5) is 21.1. The van der Waals surface area contributed by atoms with E-state index in [2.05, 4.69) is 37.6 Å². The van der Waals surface area contributed by atoms with Crippen molar-refractivity contribution in [2.24, 2.45) is 4.99 Å². The normalized spacial score (nSPS) is 14.8. The predicted octanol–water partition coefficient (Wildman–Crippen LogP) is 2.55. The van der Waals surface area contributed by atoms with Crippen LogP contribution >= 0.6 is 0 Å². The van der Waals surface area contributed by atoms with Gasteiger partial charge in [-0.1, -0.05) is 42.5 Å². The van der Waals surface area contributed by atoms with Gasteiger partial charge in [0.25, 0.3) is 0 Å². The van der Waals surface area contributed by atoms with Crippen LogP contribution in [0.5, 0.6) is 0 Å². The van der Waals surface area contributed by atoms with Gasteiger partial charge in [-0.25, -0.2) is 0 Å². The fourth-order valence-corrected chi connectivity index (χ4v) is 3.56. The van der Waals surface area contributed by atoms with Gasteiger partial charge in [0.05, 0.1) is 13.2 Å². The maximum Gasteiger partial charge on any atom is 0.225 e. The summed E-state index contributed by atoms with van der Waals surface area (Å²) in [5.41, 5.74) is 3.13. The number of aliphatic imine (C=N–C) groups is 1. The van der Waals surface area contributed by atoms with Gasteiger partial charge < -0.3 is 20.3 Å². The average molecular weight is 424 g/mol. The molecule has 1 aliphatic rings. The molecule has 7 heteroatoms. The van der Waals surface area contributed by atoms with Crippen LogP contribution in [0.1, 0.15) is 17.5 Å². The summed E-state index contributed by atoms with van der Waals surface area (Å²) in [6.07, 6.45) is 0.486. The number of ether oxygens (including phenoxy) is 1. The summed E-state index contributed by atoms with van der Waals surface area (Å²) in [5, 5.41) is 6.41. The summed E-state index contributed by atoms with van der Waals surface area (Å²) in [7, 11) is 3.81. The molecule has 1 fully saturated rings. The highest BCUT2D eigenvalue weighted by molar-refractivity contribution is 5.90. The van der Waals surface area contributed by atoms with Crippen molar-refractivity contribution in [1.82, 2.24) is 15.1 Å². The first-order chi connectivity index (χ1) is 15.1. The lowest BCUT2D eigenvalue weighted by Crippen LogP contribution is -2.38. The van der Waals surface area contributed by atoms with Gasteiger partial charge in [0.15, 0.2) is 5.96 Å². The summed E-state index contributed by atoms with van der Waals surface area (Å²) in [6.45, 7) is 5.47. The average Bonchev–Trinajstić information content (AvgIpc) is 2.80. The van der Waals surface area contributed by atoms with Crippen molar-refractivity contribution < 1.29 is 9.53 Å².